The molecule has 0 spiro atoms. The first-order valence-corrected chi connectivity index (χ1v) is 12.3. The van der Waals surface area contributed by atoms with Gasteiger partial charge in [0.2, 0.25) is 11.1 Å². The van der Waals surface area contributed by atoms with Gasteiger partial charge in [-0.1, -0.05) is 90.6 Å². The number of amides is 1. The topological polar surface area (TPSA) is 72.7 Å². The molecule has 34 heavy (non-hydrogen) atoms. The first kappa shape index (κ1) is 22.1. The summed E-state index contributed by atoms with van der Waals surface area (Å²) < 4.78 is 2.20. The van der Waals surface area contributed by atoms with E-state index in [1.165, 1.54) is 17.3 Å². The number of fused-ring (bicyclic) bond motifs is 3. The van der Waals surface area contributed by atoms with E-state index in [2.05, 4.69) is 56.5 Å². The van der Waals surface area contributed by atoms with Crippen molar-refractivity contribution in [3.05, 3.63) is 96.1 Å². The van der Waals surface area contributed by atoms with Gasteiger partial charge in [0.05, 0.1) is 17.3 Å². The van der Waals surface area contributed by atoms with E-state index in [9.17, 15) is 4.79 Å². The SMILES string of the molecule is C[C@H](NC(=O)CSc1nnc2c3ccccc3n(CCc3ccccc3)c2n1)c1ccccc1. The van der Waals surface area contributed by atoms with Crippen LogP contribution >= 0.6 is 11.8 Å². The smallest absolute Gasteiger partial charge is 0.230 e. The van der Waals surface area contributed by atoms with Gasteiger partial charge >= 0.3 is 0 Å². The monoisotopic (exact) mass is 467 g/mol. The van der Waals surface area contributed by atoms with Crippen LogP contribution in [0.3, 0.4) is 0 Å². The molecular weight excluding hydrogens is 442 g/mol. The lowest BCUT2D eigenvalue weighted by molar-refractivity contribution is -0.119. The molecule has 0 saturated carbocycles. The highest BCUT2D eigenvalue weighted by Gasteiger charge is 2.16. The lowest BCUT2D eigenvalue weighted by atomic mass is 10.1. The summed E-state index contributed by atoms with van der Waals surface area (Å²) in [5.41, 5.74) is 5.02. The molecule has 2 aromatic heterocycles. The Hall–Kier alpha value is -3.71. The van der Waals surface area contributed by atoms with Gasteiger partial charge in [0.1, 0.15) is 5.52 Å². The molecule has 5 aromatic rings. The number of hydrogen-bond donors (Lipinski definition) is 1. The Kier molecular flexibility index (Phi) is 6.53. The van der Waals surface area contributed by atoms with Crippen molar-refractivity contribution in [1.82, 2.24) is 25.1 Å². The summed E-state index contributed by atoms with van der Waals surface area (Å²) in [6, 6.07) is 28.5. The third kappa shape index (κ3) is 4.79. The summed E-state index contributed by atoms with van der Waals surface area (Å²) in [4.78, 5) is 17.3. The Bertz CT molecular complexity index is 1420. The number of aryl methyl sites for hydroxylation is 2. The lowest BCUT2D eigenvalue weighted by Crippen LogP contribution is -2.28. The third-order valence-electron chi connectivity index (χ3n) is 5.83. The number of aromatic nitrogens is 4. The van der Waals surface area contributed by atoms with E-state index < -0.39 is 0 Å². The first-order chi connectivity index (χ1) is 16.7. The van der Waals surface area contributed by atoms with Gasteiger partial charge in [-0.2, -0.15) is 0 Å². The van der Waals surface area contributed by atoms with Crippen LogP contribution in [0.5, 0.6) is 0 Å². The largest absolute Gasteiger partial charge is 0.349 e. The second kappa shape index (κ2) is 10.1. The molecule has 1 N–H and O–H groups in total. The van der Waals surface area contributed by atoms with Crippen LogP contribution < -0.4 is 5.32 Å². The van der Waals surface area contributed by atoms with Gasteiger partial charge in [0.25, 0.3) is 0 Å². The minimum atomic E-state index is -0.0605. The summed E-state index contributed by atoms with van der Waals surface area (Å²) in [7, 11) is 0. The first-order valence-electron chi connectivity index (χ1n) is 11.3. The fourth-order valence-corrected chi connectivity index (χ4v) is 4.69. The van der Waals surface area contributed by atoms with Gasteiger partial charge in [-0.15, -0.1) is 10.2 Å². The van der Waals surface area contributed by atoms with Crippen molar-refractivity contribution in [3.63, 3.8) is 0 Å². The summed E-state index contributed by atoms with van der Waals surface area (Å²) in [6.45, 7) is 2.76. The third-order valence-corrected chi connectivity index (χ3v) is 6.67. The zero-order chi connectivity index (χ0) is 23.3. The fraction of sp³-hybridized carbons (Fsp3) is 0.185. The van der Waals surface area contributed by atoms with E-state index in [1.54, 1.807) is 0 Å². The highest BCUT2D eigenvalue weighted by molar-refractivity contribution is 7.99. The molecule has 1 amide bonds. The average molecular weight is 468 g/mol. The number of rotatable bonds is 8. The van der Waals surface area contributed by atoms with Crippen LogP contribution in [0.2, 0.25) is 0 Å². The second-order valence-corrected chi connectivity index (χ2v) is 9.10. The molecule has 1 atom stereocenters. The maximum Gasteiger partial charge on any atom is 0.230 e. The van der Waals surface area contributed by atoms with Gasteiger partial charge in [0.15, 0.2) is 5.65 Å². The van der Waals surface area contributed by atoms with Crippen molar-refractivity contribution in [2.24, 2.45) is 0 Å². The number of carbonyl (C=O) groups is 1. The van der Waals surface area contributed by atoms with Crippen molar-refractivity contribution in [1.29, 1.82) is 0 Å². The predicted octanol–water partition coefficient (Wildman–Crippen LogP) is 5.19. The molecule has 6 nitrogen and oxygen atoms in total. The van der Waals surface area contributed by atoms with Crippen LogP contribution in [-0.2, 0) is 17.8 Å². The van der Waals surface area contributed by atoms with Crippen molar-refractivity contribution in [2.75, 3.05) is 5.75 Å². The number of benzene rings is 3. The van der Waals surface area contributed by atoms with Crippen molar-refractivity contribution >= 4 is 39.7 Å². The summed E-state index contributed by atoms with van der Waals surface area (Å²) >= 11 is 1.30. The van der Waals surface area contributed by atoms with Crippen LogP contribution in [0, 0.1) is 0 Å². The highest BCUT2D eigenvalue weighted by atomic mass is 32.2. The molecule has 0 aliphatic rings. The van der Waals surface area contributed by atoms with E-state index in [0.717, 1.165) is 40.6 Å². The molecule has 5 rings (SSSR count). The van der Waals surface area contributed by atoms with Crippen molar-refractivity contribution < 1.29 is 4.79 Å². The minimum Gasteiger partial charge on any atom is -0.349 e. The number of nitrogens with zero attached hydrogens (tertiary/aromatic N) is 4. The van der Waals surface area contributed by atoms with Gasteiger partial charge in [-0.3, -0.25) is 4.79 Å². The van der Waals surface area contributed by atoms with E-state index in [4.69, 9.17) is 4.98 Å². The maximum atomic E-state index is 12.5. The zero-order valence-corrected chi connectivity index (χ0v) is 19.7. The summed E-state index contributed by atoms with van der Waals surface area (Å²) in [5.74, 6) is 0.170. The molecule has 170 valence electrons. The molecule has 0 unspecified atom stereocenters. The Morgan fingerprint density at radius 2 is 1.65 bits per heavy atom. The summed E-state index contributed by atoms with van der Waals surface area (Å²) in [5, 5.41) is 13.4. The van der Waals surface area contributed by atoms with Gasteiger partial charge in [0, 0.05) is 11.9 Å². The standard InChI is InChI=1S/C27H25N5OS/c1-19(21-12-6-3-7-13-21)28-24(33)18-34-27-29-26-25(30-31-27)22-14-8-9-15-23(22)32(26)17-16-20-10-4-2-5-11-20/h2-15,19H,16-18H2,1H3,(H,28,33)/t19-/m0/s1. The van der Waals surface area contributed by atoms with Gasteiger partial charge < -0.3 is 9.88 Å². The number of para-hydroxylation sites is 1. The number of thioether (sulfide) groups is 1. The molecule has 3 aromatic carbocycles. The molecule has 0 aliphatic heterocycles. The maximum absolute atomic E-state index is 12.5. The van der Waals surface area contributed by atoms with Crippen molar-refractivity contribution in [3.8, 4) is 0 Å². The van der Waals surface area contributed by atoms with E-state index in [1.807, 2.05) is 55.5 Å². The Labute approximate surface area is 202 Å². The zero-order valence-electron chi connectivity index (χ0n) is 18.9. The predicted molar refractivity (Wildman–Crippen MR) is 137 cm³/mol. The van der Waals surface area contributed by atoms with Crippen LogP contribution in [0.4, 0.5) is 0 Å². The highest BCUT2D eigenvalue weighted by Crippen LogP contribution is 2.27. The van der Waals surface area contributed by atoms with Gasteiger partial charge in [-0.25, -0.2) is 4.98 Å². The quantitative estimate of drug-likeness (QED) is 0.318. The van der Waals surface area contributed by atoms with E-state index >= 15 is 0 Å². The molecule has 0 radical (unpaired) electrons. The average Bonchev–Trinajstić information content (AvgIpc) is 3.20. The Morgan fingerprint density at radius 1 is 0.941 bits per heavy atom. The molecule has 0 fully saturated rings. The van der Waals surface area contributed by atoms with E-state index in [-0.39, 0.29) is 17.7 Å². The molecule has 0 saturated heterocycles. The molecule has 2 heterocycles. The fourth-order valence-electron chi connectivity index (χ4n) is 4.10. The van der Waals surface area contributed by atoms with Crippen LogP contribution in [0.25, 0.3) is 22.1 Å². The number of nitrogens with one attached hydrogen (secondary N) is 1. The van der Waals surface area contributed by atoms with E-state index in [0.29, 0.717) is 5.16 Å². The van der Waals surface area contributed by atoms with Crippen LogP contribution in [0.15, 0.2) is 90.1 Å². The molecular formula is C27H25N5OS. The van der Waals surface area contributed by atoms with Crippen LogP contribution in [0.1, 0.15) is 24.1 Å². The lowest BCUT2D eigenvalue weighted by Gasteiger charge is -2.13. The van der Waals surface area contributed by atoms with Crippen LogP contribution in [-0.4, -0.2) is 31.4 Å². The summed E-state index contributed by atoms with van der Waals surface area (Å²) in [6.07, 6.45) is 0.890. The van der Waals surface area contributed by atoms with Gasteiger partial charge in [-0.05, 0) is 30.5 Å². The molecule has 0 bridgehead atoms. The van der Waals surface area contributed by atoms with Crippen molar-refractivity contribution in [2.45, 2.75) is 31.1 Å². The number of hydrogen-bond acceptors (Lipinski definition) is 5. The molecule has 7 heteroatoms. The molecule has 0 aliphatic carbocycles. The number of carbonyl (C=O) groups excluding carboxylic acids is 1. The second-order valence-electron chi connectivity index (χ2n) is 8.16. The minimum absolute atomic E-state index is 0.0589. The Morgan fingerprint density at radius 3 is 2.44 bits per heavy atom. The Balaban J connectivity index is 1.34. The normalized spacial score (nSPS) is 12.1.